The highest BCUT2D eigenvalue weighted by atomic mass is 32.2. The van der Waals surface area contributed by atoms with Crippen LogP contribution in [-0.4, -0.2) is 42.1 Å². The van der Waals surface area contributed by atoms with Gasteiger partial charge in [0, 0.05) is 19.1 Å². The summed E-state index contributed by atoms with van der Waals surface area (Å²) in [5.74, 6) is 1.39. The molecule has 0 radical (unpaired) electrons. The lowest BCUT2D eigenvalue weighted by molar-refractivity contribution is 0.0804. The van der Waals surface area contributed by atoms with Crippen molar-refractivity contribution in [1.82, 2.24) is 14.8 Å². The third kappa shape index (κ3) is 6.74. The number of hydrogen-bond acceptors (Lipinski definition) is 5. The maximum atomic E-state index is 12.4. The minimum atomic E-state index is -3.42. The van der Waals surface area contributed by atoms with Crippen molar-refractivity contribution < 1.29 is 13.2 Å². The zero-order valence-electron chi connectivity index (χ0n) is 20.5. The van der Waals surface area contributed by atoms with Crippen molar-refractivity contribution in [1.29, 1.82) is 0 Å². The van der Waals surface area contributed by atoms with E-state index in [9.17, 15) is 8.42 Å². The van der Waals surface area contributed by atoms with Crippen molar-refractivity contribution in [2.45, 2.75) is 70.3 Å². The molecule has 0 amide bonds. The SMILES string of the molecule is CC(C)OCCc1nc(CCc2ccc(C(C)(C)C)cc2)n(-c2ccccc2S(C)(=O)=O)n1. The van der Waals surface area contributed by atoms with E-state index in [0.29, 0.717) is 31.0 Å². The molecular formula is C26H35N3O3S. The summed E-state index contributed by atoms with van der Waals surface area (Å²) in [6.07, 6.45) is 3.35. The van der Waals surface area contributed by atoms with Gasteiger partial charge in [-0.25, -0.2) is 18.1 Å². The summed E-state index contributed by atoms with van der Waals surface area (Å²) < 4.78 is 32.2. The number of benzene rings is 2. The Labute approximate surface area is 197 Å². The van der Waals surface area contributed by atoms with Gasteiger partial charge >= 0.3 is 0 Å². The van der Waals surface area contributed by atoms with E-state index in [2.05, 4.69) is 50.1 Å². The molecule has 1 heterocycles. The van der Waals surface area contributed by atoms with Crippen molar-refractivity contribution >= 4 is 9.84 Å². The van der Waals surface area contributed by atoms with Crippen LogP contribution in [0, 0.1) is 0 Å². The monoisotopic (exact) mass is 469 g/mol. The van der Waals surface area contributed by atoms with Crippen LogP contribution < -0.4 is 0 Å². The van der Waals surface area contributed by atoms with Gasteiger partial charge < -0.3 is 4.74 Å². The van der Waals surface area contributed by atoms with Crippen LogP contribution in [0.2, 0.25) is 0 Å². The first kappa shape index (κ1) is 25.1. The number of sulfone groups is 1. The van der Waals surface area contributed by atoms with Crippen LogP contribution in [0.4, 0.5) is 0 Å². The molecule has 0 aliphatic carbocycles. The highest BCUT2D eigenvalue weighted by Gasteiger charge is 2.19. The second-order valence-corrected chi connectivity index (χ2v) is 11.7. The number of nitrogens with zero attached hydrogens (tertiary/aromatic N) is 3. The van der Waals surface area contributed by atoms with Gasteiger partial charge in [0.15, 0.2) is 15.7 Å². The molecule has 6 nitrogen and oxygen atoms in total. The van der Waals surface area contributed by atoms with Crippen molar-refractivity contribution in [3.05, 3.63) is 71.3 Å². The Morgan fingerprint density at radius 3 is 2.24 bits per heavy atom. The van der Waals surface area contributed by atoms with Gasteiger partial charge in [0.2, 0.25) is 0 Å². The Morgan fingerprint density at radius 1 is 0.970 bits per heavy atom. The summed E-state index contributed by atoms with van der Waals surface area (Å²) in [6.45, 7) is 11.1. The molecule has 0 aliphatic rings. The van der Waals surface area contributed by atoms with Crippen molar-refractivity contribution in [2.75, 3.05) is 12.9 Å². The van der Waals surface area contributed by atoms with E-state index in [1.165, 1.54) is 17.4 Å². The highest BCUT2D eigenvalue weighted by molar-refractivity contribution is 7.90. The molecule has 0 bridgehead atoms. The van der Waals surface area contributed by atoms with E-state index in [0.717, 1.165) is 12.2 Å². The first-order chi connectivity index (χ1) is 15.4. The molecule has 1 aromatic heterocycles. The smallest absolute Gasteiger partial charge is 0.177 e. The van der Waals surface area contributed by atoms with Gasteiger partial charge in [-0.15, -0.1) is 0 Å². The maximum absolute atomic E-state index is 12.4. The molecule has 0 atom stereocenters. The molecule has 0 saturated carbocycles. The van der Waals surface area contributed by atoms with Gasteiger partial charge in [-0.05, 0) is 48.9 Å². The Bertz CT molecular complexity index is 1170. The number of rotatable bonds is 9. The van der Waals surface area contributed by atoms with Gasteiger partial charge in [0.1, 0.15) is 5.82 Å². The molecule has 0 unspecified atom stereocenters. The lowest BCUT2D eigenvalue weighted by Gasteiger charge is -2.19. The predicted octanol–water partition coefficient (Wildman–Crippen LogP) is 4.72. The molecular weight excluding hydrogens is 434 g/mol. The third-order valence-electron chi connectivity index (χ3n) is 5.45. The molecule has 0 spiro atoms. The Morgan fingerprint density at radius 2 is 1.64 bits per heavy atom. The van der Waals surface area contributed by atoms with Crippen LogP contribution in [0.25, 0.3) is 5.69 Å². The maximum Gasteiger partial charge on any atom is 0.177 e. The quantitative estimate of drug-likeness (QED) is 0.453. The zero-order valence-corrected chi connectivity index (χ0v) is 21.3. The van der Waals surface area contributed by atoms with Gasteiger partial charge in [-0.3, -0.25) is 0 Å². The second kappa shape index (κ2) is 10.2. The molecule has 0 N–H and O–H groups in total. The fourth-order valence-corrected chi connectivity index (χ4v) is 4.47. The summed E-state index contributed by atoms with van der Waals surface area (Å²) in [4.78, 5) is 5.00. The van der Waals surface area contributed by atoms with E-state index >= 15 is 0 Å². The van der Waals surface area contributed by atoms with E-state index in [1.54, 1.807) is 22.9 Å². The van der Waals surface area contributed by atoms with E-state index < -0.39 is 9.84 Å². The zero-order chi connectivity index (χ0) is 24.2. The summed E-state index contributed by atoms with van der Waals surface area (Å²) in [5.41, 5.74) is 3.14. The first-order valence-electron chi connectivity index (χ1n) is 11.4. The number of hydrogen-bond donors (Lipinski definition) is 0. The van der Waals surface area contributed by atoms with Crippen LogP contribution in [0.3, 0.4) is 0 Å². The number of para-hydroxylation sites is 1. The topological polar surface area (TPSA) is 74.1 Å². The lowest BCUT2D eigenvalue weighted by Crippen LogP contribution is -2.11. The lowest BCUT2D eigenvalue weighted by atomic mass is 9.86. The number of aryl methyl sites for hydroxylation is 2. The predicted molar refractivity (Wildman–Crippen MR) is 132 cm³/mol. The van der Waals surface area contributed by atoms with Gasteiger partial charge in [-0.1, -0.05) is 57.2 Å². The number of aromatic nitrogens is 3. The minimum Gasteiger partial charge on any atom is -0.378 e. The second-order valence-electron chi connectivity index (χ2n) is 9.71. The highest BCUT2D eigenvalue weighted by Crippen LogP contribution is 2.24. The minimum absolute atomic E-state index is 0.112. The van der Waals surface area contributed by atoms with Crippen molar-refractivity contribution in [2.24, 2.45) is 0 Å². The molecule has 178 valence electrons. The average molecular weight is 470 g/mol. The molecule has 0 aliphatic heterocycles. The molecule has 33 heavy (non-hydrogen) atoms. The van der Waals surface area contributed by atoms with E-state index in [1.807, 2.05) is 19.9 Å². The molecule has 7 heteroatoms. The summed E-state index contributed by atoms with van der Waals surface area (Å²) >= 11 is 0. The van der Waals surface area contributed by atoms with Crippen LogP contribution in [0.1, 0.15) is 57.4 Å². The fraction of sp³-hybridized carbons (Fsp3) is 0.462. The molecule has 3 rings (SSSR count). The summed E-state index contributed by atoms with van der Waals surface area (Å²) in [5, 5.41) is 4.67. The van der Waals surface area contributed by atoms with Crippen molar-refractivity contribution in [3.63, 3.8) is 0 Å². The van der Waals surface area contributed by atoms with Crippen molar-refractivity contribution in [3.8, 4) is 5.69 Å². The standard InChI is InChI=1S/C26H35N3O3S/c1-19(2)32-18-17-24-27-25(16-13-20-11-14-21(15-12-20)26(3,4)5)29(28-24)22-9-7-8-10-23(22)33(6,30)31/h7-12,14-15,19H,13,16-18H2,1-6H3. The molecule has 0 fully saturated rings. The average Bonchev–Trinajstić information content (AvgIpc) is 3.14. The Hall–Kier alpha value is -2.51. The van der Waals surface area contributed by atoms with Crippen LogP contribution in [0.15, 0.2) is 53.4 Å². The molecule has 2 aromatic carbocycles. The van der Waals surface area contributed by atoms with Gasteiger partial charge in [-0.2, -0.15) is 5.10 Å². The first-order valence-corrected chi connectivity index (χ1v) is 13.3. The number of ether oxygens (including phenoxy) is 1. The third-order valence-corrected chi connectivity index (χ3v) is 6.59. The molecule has 3 aromatic rings. The Balaban J connectivity index is 1.91. The molecule has 0 saturated heterocycles. The van der Waals surface area contributed by atoms with Crippen LogP contribution in [-0.2, 0) is 39.3 Å². The summed E-state index contributed by atoms with van der Waals surface area (Å²) in [6, 6.07) is 15.6. The normalized spacial score (nSPS) is 12.5. The van der Waals surface area contributed by atoms with Gasteiger partial charge in [0.05, 0.1) is 23.3 Å². The van der Waals surface area contributed by atoms with E-state index in [4.69, 9.17) is 9.72 Å². The van der Waals surface area contributed by atoms with E-state index in [-0.39, 0.29) is 16.4 Å². The van der Waals surface area contributed by atoms with Crippen LogP contribution >= 0.6 is 0 Å². The summed E-state index contributed by atoms with van der Waals surface area (Å²) in [7, 11) is -3.42. The largest absolute Gasteiger partial charge is 0.378 e. The van der Waals surface area contributed by atoms with Gasteiger partial charge in [0.25, 0.3) is 0 Å². The Kier molecular flexibility index (Phi) is 7.75. The fourth-order valence-electron chi connectivity index (χ4n) is 3.61. The van der Waals surface area contributed by atoms with Crippen LogP contribution in [0.5, 0.6) is 0 Å².